The Morgan fingerprint density at radius 1 is 1.38 bits per heavy atom. The largest absolute Gasteiger partial charge is 0.326 e. The van der Waals surface area contributed by atoms with Gasteiger partial charge in [0.1, 0.15) is 6.17 Å². The molecule has 0 radical (unpaired) electrons. The van der Waals surface area contributed by atoms with Crippen LogP contribution in [0.3, 0.4) is 0 Å². The second-order valence-electron chi connectivity index (χ2n) is 6.26. The van der Waals surface area contributed by atoms with Crippen molar-refractivity contribution in [3.63, 3.8) is 0 Å². The predicted molar refractivity (Wildman–Crippen MR) is 90.9 cm³/mol. The van der Waals surface area contributed by atoms with Crippen molar-refractivity contribution < 1.29 is 9.18 Å². The molecule has 0 saturated carbocycles. The average Bonchev–Trinajstić information content (AvgIpc) is 2.90. The molecular weight excluding hydrogens is 309 g/mol. The van der Waals surface area contributed by atoms with Crippen molar-refractivity contribution in [2.45, 2.75) is 51.7 Å². The lowest BCUT2D eigenvalue weighted by molar-refractivity contribution is -0.116. The number of halogens is 1. The summed E-state index contributed by atoms with van der Waals surface area (Å²) in [7, 11) is 0. The molecule has 1 unspecified atom stereocenters. The average molecular weight is 331 g/mol. The van der Waals surface area contributed by atoms with E-state index in [1.54, 1.807) is 28.9 Å². The van der Waals surface area contributed by atoms with E-state index in [2.05, 4.69) is 10.4 Å². The summed E-state index contributed by atoms with van der Waals surface area (Å²) < 4.78 is 15.1. The van der Waals surface area contributed by atoms with E-state index in [0.29, 0.717) is 17.8 Å². The van der Waals surface area contributed by atoms with Crippen molar-refractivity contribution >= 4 is 11.6 Å². The number of aromatic amines is 1. The maximum atomic E-state index is 13.3. The van der Waals surface area contributed by atoms with Crippen LogP contribution in [0.25, 0.3) is 0 Å². The van der Waals surface area contributed by atoms with E-state index in [1.165, 1.54) is 6.92 Å². The molecule has 2 N–H and O–H groups in total. The van der Waals surface area contributed by atoms with E-state index in [9.17, 15) is 14.0 Å². The third kappa shape index (κ3) is 3.58. The van der Waals surface area contributed by atoms with Crippen molar-refractivity contribution in [1.82, 2.24) is 9.78 Å². The van der Waals surface area contributed by atoms with Gasteiger partial charge in [-0.05, 0) is 50.3 Å². The number of fused-ring (bicyclic) bond motifs is 1. The van der Waals surface area contributed by atoms with Gasteiger partial charge in [0.2, 0.25) is 5.91 Å². The minimum Gasteiger partial charge on any atom is -0.326 e. The zero-order valence-corrected chi connectivity index (χ0v) is 13.8. The van der Waals surface area contributed by atoms with Gasteiger partial charge in [0.05, 0.1) is 0 Å². The molecule has 0 aliphatic heterocycles. The van der Waals surface area contributed by atoms with Gasteiger partial charge < -0.3 is 5.32 Å². The van der Waals surface area contributed by atoms with Crippen LogP contribution in [0.2, 0.25) is 0 Å². The van der Waals surface area contributed by atoms with Gasteiger partial charge in [-0.1, -0.05) is 12.1 Å². The van der Waals surface area contributed by atoms with Gasteiger partial charge >= 0.3 is 0 Å². The van der Waals surface area contributed by atoms with Crippen LogP contribution in [-0.2, 0) is 24.2 Å². The summed E-state index contributed by atoms with van der Waals surface area (Å²) in [4.78, 5) is 24.0. The molecule has 0 fully saturated rings. The third-order valence-corrected chi connectivity index (χ3v) is 4.47. The van der Waals surface area contributed by atoms with E-state index < -0.39 is 6.17 Å². The molecular formula is C18H22FN3O2. The zero-order valence-electron chi connectivity index (χ0n) is 13.8. The highest BCUT2D eigenvalue weighted by Gasteiger charge is 2.18. The zero-order chi connectivity index (χ0) is 17.1. The Kier molecular flexibility index (Phi) is 4.83. The molecule has 1 atom stereocenters. The fourth-order valence-corrected chi connectivity index (χ4v) is 3.18. The van der Waals surface area contributed by atoms with Gasteiger partial charge in [-0.25, -0.2) is 4.39 Å². The lowest BCUT2D eigenvalue weighted by Crippen LogP contribution is -2.17. The number of hydrogen-bond donors (Lipinski definition) is 2. The first-order chi connectivity index (χ1) is 11.5. The molecule has 24 heavy (non-hydrogen) atoms. The second kappa shape index (κ2) is 7.03. The quantitative estimate of drug-likeness (QED) is 0.884. The Labute approximate surface area is 139 Å². The number of aromatic nitrogens is 2. The van der Waals surface area contributed by atoms with Crippen LogP contribution in [-0.4, -0.2) is 15.7 Å². The van der Waals surface area contributed by atoms with E-state index in [1.807, 2.05) is 0 Å². The molecule has 0 spiro atoms. The molecule has 0 bridgehead atoms. The van der Waals surface area contributed by atoms with E-state index >= 15 is 0 Å². The maximum absolute atomic E-state index is 13.3. The number of hydrogen-bond acceptors (Lipinski definition) is 2. The summed E-state index contributed by atoms with van der Waals surface area (Å²) in [6.45, 7) is 1.90. The molecule has 3 rings (SSSR count). The Bertz CT molecular complexity index is 792. The number of carbonyl (C=O) groups excluding carboxylic acids is 1. The van der Waals surface area contributed by atoms with Gasteiger partial charge in [0.25, 0.3) is 5.56 Å². The molecule has 1 aliphatic carbocycles. The van der Waals surface area contributed by atoms with Crippen LogP contribution < -0.4 is 10.9 Å². The molecule has 0 saturated heterocycles. The highest BCUT2D eigenvalue weighted by Crippen LogP contribution is 2.20. The third-order valence-electron chi connectivity index (χ3n) is 4.47. The summed E-state index contributed by atoms with van der Waals surface area (Å²) in [6, 6.07) is 6.79. The second-order valence-corrected chi connectivity index (χ2v) is 6.26. The van der Waals surface area contributed by atoms with Crippen LogP contribution in [0.15, 0.2) is 29.1 Å². The lowest BCUT2D eigenvalue weighted by atomic mass is 9.98. The van der Waals surface area contributed by atoms with Crippen molar-refractivity contribution in [3.05, 3.63) is 51.4 Å². The van der Waals surface area contributed by atoms with E-state index in [0.717, 1.165) is 36.9 Å². The summed E-state index contributed by atoms with van der Waals surface area (Å²) in [5.74, 6) is -0.155. The van der Waals surface area contributed by atoms with Gasteiger partial charge in [-0.3, -0.25) is 19.4 Å². The molecule has 1 aromatic carbocycles. The van der Waals surface area contributed by atoms with Gasteiger partial charge in [0.15, 0.2) is 0 Å². The summed E-state index contributed by atoms with van der Waals surface area (Å²) in [5.41, 5.74) is 3.00. The van der Waals surface area contributed by atoms with E-state index in [-0.39, 0.29) is 17.9 Å². The lowest BCUT2D eigenvalue weighted by Gasteiger charge is -2.14. The molecule has 1 aliphatic rings. The molecule has 5 nitrogen and oxygen atoms in total. The number of benzene rings is 1. The summed E-state index contributed by atoms with van der Waals surface area (Å²) in [5, 5.41) is 5.61. The predicted octanol–water partition coefficient (Wildman–Crippen LogP) is 3.11. The number of carbonyl (C=O) groups is 1. The van der Waals surface area contributed by atoms with E-state index in [4.69, 9.17) is 0 Å². The van der Waals surface area contributed by atoms with Crippen LogP contribution in [0.1, 0.15) is 49.2 Å². The first-order valence-corrected chi connectivity index (χ1v) is 8.39. The number of nitrogens with one attached hydrogen (secondary N) is 2. The number of anilines is 1. The molecule has 1 aromatic heterocycles. The van der Waals surface area contributed by atoms with Crippen LogP contribution >= 0.6 is 0 Å². The van der Waals surface area contributed by atoms with Gasteiger partial charge in [-0.2, -0.15) is 0 Å². The minimum absolute atomic E-state index is 0.0326. The van der Waals surface area contributed by atoms with Gasteiger partial charge in [0, 0.05) is 29.9 Å². The van der Waals surface area contributed by atoms with Crippen LogP contribution in [0.5, 0.6) is 0 Å². The van der Waals surface area contributed by atoms with Crippen LogP contribution in [0, 0.1) is 0 Å². The van der Waals surface area contributed by atoms with Gasteiger partial charge in [-0.15, -0.1) is 0 Å². The molecule has 1 amide bonds. The normalized spacial score (nSPS) is 14.9. The van der Waals surface area contributed by atoms with Crippen molar-refractivity contribution in [2.24, 2.45) is 0 Å². The number of amides is 1. The minimum atomic E-state index is -1.07. The highest BCUT2D eigenvalue weighted by atomic mass is 19.1. The standard InChI is InChI=1S/C18H22FN3O2/c1-12(19)13-5-4-6-14(11-13)20-17(23)9-10-22-16-8-3-2-7-15(16)18(24)21-22/h4-6,11-12H,2-3,7-10H2,1H3,(H,20,23)(H,21,24). The number of aryl methyl sites for hydroxylation is 1. The fraction of sp³-hybridized carbons (Fsp3) is 0.444. The summed E-state index contributed by atoms with van der Waals surface area (Å²) >= 11 is 0. The monoisotopic (exact) mass is 331 g/mol. The maximum Gasteiger partial charge on any atom is 0.267 e. The Hall–Kier alpha value is -2.37. The number of alkyl halides is 1. The number of rotatable bonds is 5. The summed E-state index contributed by atoms with van der Waals surface area (Å²) in [6.07, 6.45) is 3.00. The number of nitrogens with zero attached hydrogens (tertiary/aromatic N) is 1. The number of H-pyrrole nitrogens is 1. The van der Waals surface area contributed by atoms with Crippen molar-refractivity contribution in [3.8, 4) is 0 Å². The first-order valence-electron chi connectivity index (χ1n) is 8.39. The topological polar surface area (TPSA) is 66.9 Å². The molecule has 2 aromatic rings. The smallest absolute Gasteiger partial charge is 0.267 e. The van der Waals surface area contributed by atoms with Crippen molar-refractivity contribution in [1.29, 1.82) is 0 Å². The highest BCUT2D eigenvalue weighted by molar-refractivity contribution is 5.90. The Morgan fingerprint density at radius 3 is 2.96 bits per heavy atom. The van der Waals surface area contributed by atoms with Crippen LogP contribution in [0.4, 0.5) is 10.1 Å². The Morgan fingerprint density at radius 2 is 2.17 bits per heavy atom. The fourth-order valence-electron chi connectivity index (χ4n) is 3.18. The molecule has 6 heteroatoms. The first kappa shape index (κ1) is 16.5. The van der Waals surface area contributed by atoms with Crippen molar-refractivity contribution in [2.75, 3.05) is 5.32 Å². The SMILES string of the molecule is CC(F)c1cccc(NC(=O)CCn2[nH]c(=O)c3c2CCCC3)c1. The Balaban J connectivity index is 1.62. The molecule has 128 valence electrons. The molecule has 1 heterocycles.